The SMILES string of the molecule is CCC(=O)N(c1nnc(SCc2cc(=O)oc3c(C)c(C)ccc23)s1)C1CC1. The van der Waals surface area contributed by atoms with Gasteiger partial charge in [-0.25, -0.2) is 4.79 Å². The summed E-state index contributed by atoms with van der Waals surface area (Å²) in [5, 5.41) is 10.1. The molecule has 3 aromatic rings. The van der Waals surface area contributed by atoms with E-state index < -0.39 is 0 Å². The molecule has 1 aliphatic rings. The Kier molecular flexibility index (Phi) is 5.25. The van der Waals surface area contributed by atoms with Crippen LogP contribution in [0.5, 0.6) is 0 Å². The van der Waals surface area contributed by atoms with Crippen LogP contribution in [0.1, 0.15) is 42.9 Å². The van der Waals surface area contributed by atoms with Gasteiger partial charge in [-0.15, -0.1) is 10.2 Å². The third kappa shape index (κ3) is 3.71. The summed E-state index contributed by atoms with van der Waals surface area (Å²) >= 11 is 2.95. The van der Waals surface area contributed by atoms with Crippen LogP contribution in [0.15, 0.2) is 31.8 Å². The van der Waals surface area contributed by atoms with Crippen molar-refractivity contribution in [3.63, 3.8) is 0 Å². The standard InChI is InChI=1S/C20H21N3O3S2/c1-4-16(24)23(14-6-7-14)19-21-22-20(28-19)27-10-13-9-17(25)26-18-12(3)11(2)5-8-15(13)18/h5,8-9,14H,4,6-7,10H2,1-3H3. The molecule has 0 aliphatic heterocycles. The summed E-state index contributed by atoms with van der Waals surface area (Å²) in [5.74, 6) is 0.678. The van der Waals surface area contributed by atoms with Gasteiger partial charge in [-0.3, -0.25) is 9.69 Å². The van der Waals surface area contributed by atoms with Gasteiger partial charge in [0.05, 0.1) is 0 Å². The summed E-state index contributed by atoms with van der Waals surface area (Å²) in [6.45, 7) is 5.83. The van der Waals surface area contributed by atoms with E-state index in [9.17, 15) is 9.59 Å². The number of thioether (sulfide) groups is 1. The Morgan fingerprint density at radius 2 is 2.11 bits per heavy atom. The van der Waals surface area contributed by atoms with Crippen LogP contribution in [-0.2, 0) is 10.5 Å². The molecule has 4 rings (SSSR count). The third-order valence-electron chi connectivity index (χ3n) is 4.95. The molecule has 0 bridgehead atoms. The van der Waals surface area contributed by atoms with Gasteiger partial charge < -0.3 is 4.42 Å². The third-order valence-corrected chi connectivity index (χ3v) is 7.06. The summed E-state index contributed by atoms with van der Waals surface area (Å²) in [7, 11) is 0. The molecule has 1 amide bonds. The van der Waals surface area contributed by atoms with Gasteiger partial charge in [0, 0.05) is 29.7 Å². The number of fused-ring (bicyclic) bond motifs is 1. The lowest BCUT2D eigenvalue weighted by atomic mass is 10.0. The van der Waals surface area contributed by atoms with E-state index in [1.165, 1.54) is 23.1 Å². The molecule has 0 radical (unpaired) electrons. The maximum absolute atomic E-state index is 12.2. The van der Waals surface area contributed by atoms with Crippen molar-refractivity contribution in [3.8, 4) is 0 Å². The van der Waals surface area contributed by atoms with Gasteiger partial charge in [0.1, 0.15) is 5.58 Å². The fourth-order valence-electron chi connectivity index (χ4n) is 3.11. The van der Waals surface area contributed by atoms with Gasteiger partial charge in [-0.2, -0.15) is 0 Å². The van der Waals surface area contributed by atoms with E-state index in [0.717, 1.165) is 39.3 Å². The van der Waals surface area contributed by atoms with Gasteiger partial charge in [0.25, 0.3) is 0 Å². The molecule has 2 heterocycles. The Hall–Kier alpha value is -2.19. The van der Waals surface area contributed by atoms with Crippen molar-refractivity contribution in [2.45, 2.75) is 56.2 Å². The first-order valence-electron chi connectivity index (χ1n) is 9.29. The average molecular weight is 416 g/mol. The fourth-order valence-corrected chi connectivity index (χ4v) is 5.03. The van der Waals surface area contributed by atoms with Gasteiger partial charge in [0.2, 0.25) is 11.0 Å². The molecule has 0 saturated heterocycles. The first-order chi connectivity index (χ1) is 13.5. The van der Waals surface area contributed by atoms with Crippen LogP contribution in [0.3, 0.4) is 0 Å². The zero-order chi connectivity index (χ0) is 19.8. The molecule has 146 valence electrons. The van der Waals surface area contributed by atoms with Crippen LogP contribution in [0, 0.1) is 13.8 Å². The van der Waals surface area contributed by atoms with Crippen LogP contribution in [0.2, 0.25) is 0 Å². The molecule has 1 aliphatic carbocycles. The molecule has 6 nitrogen and oxygen atoms in total. The summed E-state index contributed by atoms with van der Waals surface area (Å²) in [6.07, 6.45) is 2.51. The van der Waals surface area contributed by atoms with Crippen molar-refractivity contribution in [1.29, 1.82) is 0 Å². The summed E-state index contributed by atoms with van der Waals surface area (Å²) in [5.41, 5.74) is 3.30. The van der Waals surface area contributed by atoms with Gasteiger partial charge in [-0.05, 0) is 43.4 Å². The molecule has 28 heavy (non-hydrogen) atoms. The zero-order valence-corrected chi connectivity index (χ0v) is 17.7. The normalized spacial score (nSPS) is 13.8. The minimum atomic E-state index is -0.344. The van der Waals surface area contributed by atoms with E-state index >= 15 is 0 Å². The molecular weight excluding hydrogens is 394 g/mol. The van der Waals surface area contributed by atoms with E-state index in [0.29, 0.717) is 22.9 Å². The first kappa shape index (κ1) is 19.1. The Bertz CT molecular complexity index is 1100. The van der Waals surface area contributed by atoms with Crippen LogP contribution < -0.4 is 10.5 Å². The average Bonchev–Trinajstić information content (AvgIpc) is 3.40. The fraction of sp³-hybridized carbons (Fsp3) is 0.400. The second-order valence-corrected chi connectivity index (χ2v) is 9.14. The van der Waals surface area contributed by atoms with Crippen molar-refractivity contribution in [1.82, 2.24) is 10.2 Å². The molecule has 2 aromatic heterocycles. The van der Waals surface area contributed by atoms with E-state index in [-0.39, 0.29) is 17.6 Å². The van der Waals surface area contributed by atoms with Crippen molar-refractivity contribution in [2.75, 3.05) is 4.90 Å². The topological polar surface area (TPSA) is 76.3 Å². The smallest absolute Gasteiger partial charge is 0.336 e. The van der Waals surface area contributed by atoms with Gasteiger partial charge in [0.15, 0.2) is 4.34 Å². The van der Waals surface area contributed by atoms with E-state index in [2.05, 4.69) is 10.2 Å². The predicted molar refractivity (Wildman–Crippen MR) is 112 cm³/mol. The Morgan fingerprint density at radius 1 is 1.32 bits per heavy atom. The number of rotatable bonds is 6. The molecule has 0 spiro atoms. The number of hydrogen-bond acceptors (Lipinski definition) is 7. The molecule has 0 N–H and O–H groups in total. The minimum Gasteiger partial charge on any atom is -0.422 e. The Labute approximate surface area is 171 Å². The van der Waals surface area contributed by atoms with Crippen LogP contribution >= 0.6 is 23.1 Å². The first-order valence-corrected chi connectivity index (χ1v) is 11.1. The number of carbonyl (C=O) groups excluding carboxylic acids is 1. The number of aryl methyl sites for hydroxylation is 2. The summed E-state index contributed by atoms with van der Waals surface area (Å²) in [6, 6.07) is 5.85. The molecular formula is C20H21N3O3S2. The molecule has 8 heteroatoms. The number of hydrogen-bond donors (Lipinski definition) is 0. The van der Waals surface area contributed by atoms with Crippen molar-refractivity contribution in [2.24, 2.45) is 0 Å². The number of benzene rings is 1. The number of amides is 1. The lowest BCUT2D eigenvalue weighted by Gasteiger charge is -2.17. The van der Waals surface area contributed by atoms with E-state index in [4.69, 9.17) is 4.42 Å². The van der Waals surface area contributed by atoms with Crippen molar-refractivity contribution in [3.05, 3.63) is 45.3 Å². The lowest BCUT2D eigenvalue weighted by molar-refractivity contribution is -0.118. The quantitative estimate of drug-likeness (QED) is 0.336. The van der Waals surface area contributed by atoms with Crippen LogP contribution in [0.4, 0.5) is 5.13 Å². The lowest BCUT2D eigenvalue weighted by Crippen LogP contribution is -2.32. The molecule has 1 aromatic carbocycles. The second kappa shape index (κ2) is 7.67. The molecule has 0 atom stereocenters. The monoisotopic (exact) mass is 415 g/mol. The zero-order valence-electron chi connectivity index (χ0n) is 16.0. The van der Waals surface area contributed by atoms with Crippen molar-refractivity contribution < 1.29 is 9.21 Å². The maximum Gasteiger partial charge on any atom is 0.336 e. The highest BCUT2D eigenvalue weighted by Crippen LogP contribution is 2.37. The second-order valence-electron chi connectivity index (χ2n) is 6.96. The van der Waals surface area contributed by atoms with E-state index in [1.54, 1.807) is 11.0 Å². The number of nitrogens with zero attached hydrogens (tertiary/aromatic N) is 3. The summed E-state index contributed by atoms with van der Waals surface area (Å²) < 4.78 is 6.23. The molecule has 0 unspecified atom stereocenters. The molecule has 1 fully saturated rings. The molecule has 1 saturated carbocycles. The van der Waals surface area contributed by atoms with Crippen LogP contribution in [0.25, 0.3) is 11.0 Å². The Morgan fingerprint density at radius 3 is 2.82 bits per heavy atom. The van der Waals surface area contributed by atoms with Gasteiger partial charge in [-0.1, -0.05) is 42.2 Å². The number of anilines is 1. The maximum atomic E-state index is 12.2. The number of aromatic nitrogens is 2. The highest BCUT2D eigenvalue weighted by Gasteiger charge is 2.35. The summed E-state index contributed by atoms with van der Waals surface area (Å²) in [4.78, 5) is 26.0. The van der Waals surface area contributed by atoms with E-state index in [1.807, 2.05) is 32.9 Å². The largest absolute Gasteiger partial charge is 0.422 e. The highest BCUT2D eigenvalue weighted by atomic mass is 32.2. The minimum absolute atomic E-state index is 0.0905. The highest BCUT2D eigenvalue weighted by molar-refractivity contribution is 8.00. The number of carbonyl (C=O) groups is 1. The predicted octanol–water partition coefficient (Wildman–Crippen LogP) is 4.46. The van der Waals surface area contributed by atoms with Crippen molar-refractivity contribution >= 4 is 45.1 Å². The van der Waals surface area contributed by atoms with Gasteiger partial charge >= 0.3 is 5.63 Å². The van der Waals surface area contributed by atoms with Crippen LogP contribution in [-0.4, -0.2) is 22.1 Å². The Balaban J connectivity index is 1.57.